The van der Waals surface area contributed by atoms with E-state index in [2.05, 4.69) is 4.74 Å². The van der Waals surface area contributed by atoms with Crippen LogP contribution in [0.2, 0.25) is 0 Å². The molecule has 0 heterocycles. The molecule has 0 saturated carbocycles. The Labute approximate surface area is 116 Å². The van der Waals surface area contributed by atoms with Crippen molar-refractivity contribution < 1.29 is 24.5 Å². The second-order valence-electron chi connectivity index (χ2n) is 4.25. The van der Waals surface area contributed by atoms with Crippen LogP contribution in [0.1, 0.15) is 15.9 Å². The monoisotopic (exact) mass is 274 g/mol. The molecule has 0 saturated heterocycles. The van der Waals surface area contributed by atoms with Gasteiger partial charge in [0, 0.05) is 0 Å². The van der Waals surface area contributed by atoms with Crippen LogP contribution in [0.5, 0.6) is 23.0 Å². The molecular weight excluding hydrogens is 260 g/mol. The van der Waals surface area contributed by atoms with Crippen LogP contribution < -0.4 is 4.74 Å². The first-order chi connectivity index (χ1) is 9.51. The number of aryl methyl sites for hydroxylation is 1. The smallest absolute Gasteiger partial charge is 0.338 e. The summed E-state index contributed by atoms with van der Waals surface area (Å²) in [6.07, 6.45) is 0. The number of phenols is 2. The zero-order valence-electron chi connectivity index (χ0n) is 11.1. The van der Waals surface area contributed by atoms with Gasteiger partial charge in [-0.15, -0.1) is 0 Å². The molecule has 5 nitrogen and oxygen atoms in total. The topological polar surface area (TPSA) is 76.0 Å². The predicted molar refractivity (Wildman–Crippen MR) is 72.4 cm³/mol. The van der Waals surface area contributed by atoms with Gasteiger partial charge in [-0.05, 0) is 31.2 Å². The van der Waals surface area contributed by atoms with Gasteiger partial charge in [0.25, 0.3) is 0 Å². The average Bonchev–Trinajstić information content (AvgIpc) is 2.43. The lowest BCUT2D eigenvalue weighted by molar-refractivity contribution is 0.0599. The molecule has 0 bridgehead atoms. The minimum absolute atomic E-state index is 0.0405. The number of rotatable bonds is 3. The summed E-state index contributed by atoms with van der Waals surface area (Å²) >= 11 is 0. The molecule has 2 aromatic rings. The third-order valence-electron chi connectivity index (χ3n) is 2.71. The van der Waals surface area contributed by atoms with Gasteiger partial charge in [-0.25, -0.2) is 4.79 Å². The third kappa shape index (κ3) is 2.83. The molecule has 2 aromatic carbocycles. The lowest BCUT2D eigenvalue weighted by Gasteiger charge is -2.11. The van der Waals surface area contributed by atoms with Crippen LogP contribution in [-0.4, -0.2) is 23.3 Å². The molecule has 20 heavy (non-hydrogen) atoms. The van der Waals surface area contributed by atoms with Crippen molar-refractivity contribution in [2.45, 2.75) is 6.92 Å². The van der Waals surface area contributed by atoms with Crippen LogP contribution in [0.3, 0.4) is 0 Å². The number of benzene rings is 2. The quantitative estimate of drug-likeness (QED) is 0.841. The Morgan fingerprint density at radius 1 is 1.05 bits per heavy atom. The van der Waals surface area contributed by atoms with Crippen molar-refractivity contribution in [3.63, 3.8) is 0 Å². The first kappa shape index (κ1) is 13.7. The summed E-state index contributed by atoms with van der Waals surface area (Å²) in [6.45, 7) is 1.93. The van der Waals surface area contributed by atoms with Gasteiger partial charge in [-0.3, -0.25) is 0 Å². The summed E-state index contributed by atoms with van der Waals surface area (Å²) in [5, 5.41) is 19.7. The molecule has 2 rings (SSSR count). The first-order valence-electron chi connectivity index (χ1n) is 5.90. The fourth-order valence-electron chi connectivity index (χ4n) is 1.66. The normalized spacial score (nSPS) is 10.1. The molecule has 0 radical (unpaired) electrons. The van der Waals surface area contributed by atoms with Gasteiger partial charge in [0.05, 0.1) is 12.7 Å². The number of aromatic hydroxyl groups is 2. The molecule has 0 atom stereocenters. The zero-order chi connectivity index (χ0) is 14.7. The van der Waals surface area contributed by atoms with E-state index < -0.39 is 5.97 Å². The van der Waals surface area contributed by atoms with Crippen molar-refractivity contribution in [1.82, 2.24) is 0 Å². The molecule has 0 aliphatic heterocycles. The number of hydrogen-bond donors (Lipinski definition) is 2. The molecule has 5 heteroatoms. The van der Waals surface area contributed by atoms with Gasteiger partial charge in [0.2, 0.25) is 5.75 Å². The minimum Gasteiger partial charge on any atom is -0.504 e. The van der Waals surface area contributed by atoms with E-state index in [0.29, 0.717) is 5.75 Å². The summed E-state index contributed by atoms with van der Waals surface area (Å²) in [5.41, 5.74) is 1.10. The number of methoxy groups -OCH3 is 1. The van der Waals surface area contributed by atoms with E-state index in [-0.39, 0.29) is 22.8 Å². The Morgan fingerprint density at radius 3 is 2.10 bits per heavy atom. The Bertz CT molecular complexity index is 608. The molecule has 0 aliphatic carbocycles. The summed E-state index contributed by atoms with van der Waals surface area (Å²) < 4.78 is 9.93. The minimum atomic E-state index is -0.655. The van der Waals surface area contributed by atoms with Crippen LogP contribution >= 0.6 is 0 Å². The van der Waals surface area contributed by atoms with Crippen LogP contribution in [0.15, 0.2) is 36.4 Å². The predicted octanol–water partition coefficient (Wildman–Crippen LogP) is 2.99. The molecule has 0 unspecified atom stereocenters. The molecular formula is C15H14O5. The number of ether oxygens (including phenoxy) is 2. The lowest BCUT2D eigenvalue weighted by atomic mass is 10.2. The Kier molecular flexibility index (Phi) is 3.79. The van der Waals surface area contributed by atoms with Crippen molar-refractivity contribution in [2.24, 2.45) is 0 Å². The number of esters is 1. The highest BCUT2D eigenvalue weighted by molar-refractivity contribution is 5.91. The highest BCUT2D eigenvalue weighted by Crippen LogP contribution is 2.40. The molecule has 0 aliphatic rings. The second-order valence-corrected chi connectivity index (χ2v) is 4.25. The number of carbonyl (C=O) groups excluding carboxylic acids is 1. The summed E-state index contributed by atoms with van der Waals surface area (Å²) in [6, 6.07) is 9.45. The van der Waals surface area contributed by atoms with Crippen LogP contribution in [0.25, 0.3) is 0 Å². The van der Waals surface area contributed by atoms with Crippen molar-refractivity contribution in [2.75, 3.05) is 7.11 Å². The van der Waals surface area contributed by atoms with E-state index in [1.54, 1.807) is 12.1 Å². The maximum Gasteiger partial charge on any atom is 0.338 e. The largest absolute Gasteiger partial charge is 0.504 e. The van der Waals surface area contributed by atoms with Crippen LogP contribution in [0, 0.1) is 6.92 Å². The van der Waals surface area contributed by atoms with Gasteiger partial charge < -0.3 is 19.7 Å². The maximum atomic E-state index is 11.3. The Morgan fingerprint density at radius 2 is 1.60 bits per heavy atom. The first-order valence-corrected chi connectivity index (χ1v) is 5.90. The van der Waals surface area contributed by atoms with E-state index in [9.17, 15) is 15.0 Å². The SMILES string of the molecule is COC(=O)c1cc(O)c(Oc2ccc(C)cc2)c(O)c1. The van der Waals surface area contributed by atoms with Crippen molar-refractivity contribution >= 4 is 5.97 Å². The van der Waals surface area contributed by atoms with Crippen LogP contribution in [0.4, 0.5) is 0 Å². The number of carbonyl (C=O) groups is 1. The summed E-state index contributed by atoms with van der Waals surface area (Å²) in [7, 11) is 1.22. The molecule has 104 valence electrons. The van der Waals surface area contributed by atoms with E-state index in [1.165, 1.54) is 19.2 Å². The standard InChI is InChI=1S/C15H14O5/c1-9-3-5-11(6-4-9)20-14-12(16)7-10(8-13(14)17)15(18)19-2/h3-8,16-17H,1-2H3. The summed E-state index contributed by atoms with van der Waals surface area (Å²) in [5.74, 6) is -0.983. The number of phenolic OH excluding ortho intramolecular Hbond substituents is 2. The van der Waals surface area contributed by atoms with Gasteiger partial charge >= 0.3 is 5.97 Å². The highest BCUT2D eigenvalue weighted by Gasteiger charge is 2.16. The van der Waals surface area contributed by atoms with Gasteiger partial charge in [0.1, 0.15) is 5.75 Å². The van der Waals surface area contributed by atoms with Crippen molar-refractivity contribution in [3.05, 3.63) is 47.5 Å². The number of hydrogen-bond acceptors (Lipinski definition) is 5. The Balaban J connectivity index is 2.33. The molecule has 2 N–H and O–H groups in total. The lowest BCUT2D eigenvalue weighted by Crippen LogP contribution is -2.01. The summed E-state index contributed by atoms with van der Waals surface area (Å²) in [4.78, 5) is 11.3. The van der Waals surface area contributed by atoms with Gasteiger partial charge in [0.15, 0.2) is 11.5 Å². The zero-order valence-corrected chi connectivity index (χ0v) is 11.1. The van der Waals surface area contributed by atoms with Gasteiger partial charge in [-0.1, -0.05) is 17.7 Å². The maximum absolute atomic E-state index is 11.3. The fourth-order valence-corrected chi connectivity index (χ4v) is 1.66. The molecule has 0 amide bonds. The second kappa shape index (κ2) is 5.52. The van der Waals surface area contributed by atoms with Crippen molar-refractivity contribution in [1.29, 1.82) is 0 Å². The molecule has 0 fully saturated rings. The molecule has 0 spiro atoms. The Hall–Kier alpha value is -2.69. The van der Waals surface area contributed by atoms with Crippen molar-refractivity contribution in [3.8, 4) is 23.0 Å². The van der Waals surface area contributed by atoms with E-state index in [1.807, 2.05) is 19.1 Å². The van der Waals surface area contributed by atoms with Crippen LogP contribution in [-0.2, 0) is 4.74 Å². The van der Waals surface area contributed by atoms with E-state index >= 15 is 0 Å². The van der Waals surface area contributed by atoms with E-state index in [4.69, 9.17) is 4.74 Å². The van der Waals surface area contributed by atoms with Gasteiger partial charge in [-0.2, -0.15) is 0 Å². The average molecular weight is 274 g/mol. The van der Waals surface area contributed by atoms with E-state index in [0.717, 1.165) is 5.56 Å². The highest BCUT2D eigenvalue weighted by atomic mass is 16.5. The third-order valence-corrected chi connectivity index (χ3v) is 2.71. The molecule has 0 aromatic heterocycles. The fraction of sp³-hybridized carbons (Fsp3) is 0.133.